The van der Waals surface area contributed by atoms with E-state index in [-0.39, 0.29) is 11.5 Å². The molecule has 3 N–H and O–H groups in total. The average molecular weight is 280 g/mol. The number of ether oxygens (including phenoxy) is 1. The number of methoxy groups -OCH3 is 1. The van der Waals surface area contributed by atoms with Crippen LogP contribution in [0.1, 0.15) is 18.4 Å². The average Bonchev–Trinajstić information content (AvgIpc) is 2.93. The van der Waals surface area contributed by atoms with Gasteiger partial charge in [-0.15, -0.1) is 0 Å². The fourth-order valence-corrected chi connectivity index (χ4v) is 2.61. The Morgan fingerprint density at radius 2 is 2.20 bits per heavy atom. The Hall–Kier alpha value is -1.30. The molecule has 0 bridgehead atoms. The van der Waals surface area contributed by atoms with Gasteiger partial charge in [-0.05, 0) is 37.1 Å². The molecule has 1 heterocycles. The number of aromatic hydroxyl groups is 2. The number of phenols is 2. The summed E-state index contributed by atoms with van der Waals surface area (Å²) in [4.78, 5) is 2.32. The second kappa shape index (κ2) is 7.47. The predicted octanol–water partition coefficient (Wildman–Crippen LogP) is 1.30. The van der Waals surface area contributed by atoms with Gasteiger partial charge in [0.1, 0.15) is 0 Å². The van der Waals surface area contributed by atoms with Gasteiger partial charge in [0, 0.05) is 32.8 Å². The molecule has 0 saturated carbocycles. The highest BCUT2D eigenvalue weighted by Crippen LogP contribution is 2.25. The van der Waals surface area contributed by atoms with Crippen LogP contribution in [0.2, 0.25) is 0 Å². The van der Waals surface area contributed by atoms with Crippen LogP contribution >= 0.6 is 0 Å². The maximum absolute atomic E-state index is 9.57. The molecule has 2 rings (SSSR count). The molecule has 112 valence electrons. The normalized spacial score (nSPS) is 18.8. The first-order valence-corrected chi connectivity index (χ1v) is 7.14. The van der Waals surface area contributed by atoms with Gasteiger partial charge in [-0.1, -0.05) is 6.07 Å². The van der Waals surface area contributed by atoms with Crippen LogP contribution < -0.4 is 5.32 Å². The Bertz CT molecular complexity index is 420. The molecule has 1 saturated heterocycles. The summed E-state index contributed by atoms with van der Waals surface area (Å²) in [6.07, 6.45) is 2.45. The lowest BCUT2D eigenvalue weighted by Gasteiger charge is -2.25. The smallest absolute Gasteiger partial charge is 0.157 e. The second-order valence-electron chi connectivity index (χ2n) is 5.34. The fraction of sp³-hybridized carbons (Fsp3) is 0.600. The Labute approximate surface area is 120 Å². The monoisotopic (exact) mass is 280 g/mol. The molecule has 1 aliphatic heterocycles. The van der Waals surface area contributed by atoms with Crippen LogP contribution in [0.15, 0.2) is 18.2 Å². The first-order valence-electron chi connectivity index (χ1n) is 7.14. The van der Waals surface area contributed by atoms with E-state index in [1.54, 1.807) is 13.2 Å². The highest BCUT2D eigenvalue weighted by Gasteiger charge is 2.18. The third-order valence-corrected chi connectivity index (χ3v) is 3.70. The number of hydrogen-bond donors (Lipinski definition) is 3. The van der Waals surface area contributed by atoms with Crippen molar-refractivity contribution < 1.29 is 14.9 Å². The fourth-order valence-electron chi connectivity index (χ4n) is 2.61. The van der Waals surface area contributed by atoms with Gasteiger partial charge < -0.3 is 20.3 Å². The van der Waals surface area contributed by atoms with Crippen LogP contribution in [0.3, 0.4) is 0 Å². The summed E-state index contributed by atoms with van der Waals surface area (Å²) in [5.41, 5.74) is 0.995. The number of phenolic OH excluding ortho intramolecular Hbond substituents is 2. The van der Waals surface area contributed by atoms with Crippen molar-refractivity contribution in [1.82, 2.24) is 10.2 Å². The SMILES string of the molecule is COCCN(Cc1ccc(O)c(O)c1)CC1CCCN1. The van der Waals surface area contributed by atoms with Crippen molar-refractivity contribution >= 4 is 0 Å². The molecule has 0 amide bonds. The van der Waals surface area contributed by atoms with Gasteiger partial charge in [0.15, 0.2) is 11.5 Å². The van der Waals surface area contributed by atoms with Crippen molar-refractivity contribution in [2.75, 3.05) is 33.4 Å². The molecule has 0 aliphatic carbocycles. The van der Waals surface area contributed by atoms with Gasteiger partial charge in [-0.2, -0.15) is 0 Å². The molecule has 1 aromatic carbocycles. The zero-order valence-corrected chi connectivity index (χ0v) is 12.0. The number of rotatable bonds is 7. The molecular formula is C15H24N2O3. The largest absolute Gasteiger partial charge is 0.504 e. The number of nitrogens with zero attached hydrogens (tertiary/aromatic N) is 1. The molecule has 1 aromatic rings. The van der Waals surface area contributed by atoms with Crippen LogP contribution in [0.5, 0.6) is 11.5 Å². The van der Waals surface area contributed by atoms with Crippen molar-refractivity contribution in [3.8, 4) is 11.5 Å². The summed E-state index contributed by atoms with van der Waals surface area (Å²) < 4.78 is 5.17. The van der Waals surface area contributed by atoms with Crippen LogP contribution in [-0.2, 0) is 11.3 Å². The standard InChI is InChI=1S/C15H24N2O3/c1-20-8-7-17(11-13-3-2-6-16-13)10-12-4-5-14(18)15(19)9-12/h4-5,9,13,16,18-19H,2-3,6-8,10-11H2,1H3. The Morgan fingerprint density at radius 3 is 2.85 bits per heavy atom. The molecule has 5 heteroatoms. The van der Waals surface area contributed by atoms with Crippen LogP contribution in [0.4, 0.5) is 0 Å². The van der Waals surface area contributed by atoms with E-state index < -0.39 is 0 Å². The zero-order chi connectivity index (χ0) is 14.4. The second-order valence-corrected chi connectivity index (χ2v) is 5.34. The summed E-state index contributed by atoms with van der Waals surface area (Å²) in [6.45, 7) is 4.37. The topological polar surface area (TPSA) is 65.0 Å². The van der Waals surface area contributed by atoms with E-state index in [0.29, 0.717) is 12.6 Å². The molecule has 5 nitrogen and oxygen atoms in total. The molecule has 1 atom stereocenters. The zero-order valence-electron chi connectivity index (χ0n) is 12.0. The van der Waals surface area contributed by atoms with E-state index in [4.69, 9.17) is 4.74 Å². The maximum Gasteiger partial charge on any atom is 0.157 e. The van der Waals surface area contributed by atoms with Gasteiger partial charge in [-0.25, -0.2) is 0 Å². The van der Waals surface area contributed by atoms with Crippen molar-refractivity contribution in [1.29, 1.82) is 0 Å². The molecule has 0 radical (unpaired) electrons. The third kappa shape index (κ3) is 4.37. The van der Waals surface area contributed by atoms with E-state index in [0.717, 1.165) is 31.7 Å². The lowest BCUT2D eigenvalue weighted by molar-refractivity contribution is 0.138. The third-order valence-electron chi connectivity index (χ3n) is 3.70. The molecule has 0 spiro atoms. The van der Waals surface area contributed by atoms with Gasteiger partial charge in [-0.3, -0.25) is 4.90 Å². The molecule has 0 aromatic heterocycles. The highest BCUT2D eigenvalue weighted by molar-refractivity contribution is 5.40. The summed E-state index contributed by atoms with van der Waals surface area (Å²) >= 11 is 0. The molecule has 1 fully saturated rings. The van der Waals surface area contributed by atoms with Gasteiger partial charge >= 0.3 is 0 Å². The Morgan fingerprint density at radius 1 is 1.35 bits per heavy atom. The van der Waals surface area contributed by atoms with E-state index >= 15 is 0 Å². The van der Waals surface area contributed by atoms with Gasteiger partial charge in [0.05, 0.1) is 6.61 Å². The highest BCUT2D eigenvalue weighted by atomic mass is 16.5. The van der Waals surface area contributed by atoms with Crippen LogP contribution in [0.25, 0.3) is 0 Å². The predicted molar refractivity (Wildman–Crippen MR) is 77.9 cm³/mol. The minimum absolute atomic E-state index is 0.0619. The van der Waals surface area contributed by atoms with Crippen LogP contribution in [-0.4, -0.2) is 54.5 Å². The molecule has 1 unspecified atom stereocenters. The minimum atomic E-state index is -0.0744. The van der Waals surface area contributed by atoms with E-state index in [1.165, 1.54) is 18.9 Å². The first-order chi connectivity index (χ1) is 9.69. The van der Waals surface area contributed by atoms with E-state index in [9.17, 15) is 10.2 Å². The van der Waals surface area contributed by atoms with Crippen molar-refractivity contribution in [3.63, 3.8) is 0 Å². The first kappa shape index (κ1) is 15.1. The summed E-state index contributed by atoms with van der Waals surface area (Å²) in [6, 6.07) is 5.54. The summed E-state index contributed by atoms with van der Waals surface area (Å²) in [5, 5.41) is 22.4. The van der Waals surface area contributed by atoms with Crippen LogP contribution in [0, 0.1) is 0 Å². The van der Waals surface area contributed by atoms with Crippen molar-refractivity contribution in [2.24, 2.45) is 0 Å². The molecule has 20 heavy (non-hydrogen) atoms. The van der Waals surface area contributed by atoms with E-state index in [2.05, 4.69) is 10.2 Å². The number of benzene rings is 1. The Balaban J connectivity index is 1.95. The summed E-state index contributed by atoms with van der Waals surface area (Å²) in [7, 11) is 1.71. The number of hydrogen-bond acceptors (Lipinski definition) is 5. The minimum Gasteiger partial charge on any atom is -0.504 e. The number of nitrogens with one attached hydrogen (secondary N) is 1. The maximum atomic E-state index is 9.57. The molecule has 1 aliphatic rings. The van der Waals surface area contributed by atoms with Crippen molar-refractivity contribution in [3.05, 3.63) is 23.8 Å². The quantitative estimate of drug-likeness (QED) is 0.657. The van der Waals surface area contributed by atoms with Crippen molar-refractivity contribution in [2.45, 2.75) is 25.4 Å². The summed E-state index contributed by atoms with van der Waals surface area (Å²) in [5.74, 6) is -0.136. The van der Waals surface area contributed by atoms with Gasteiger partial charge in [0.2, 0.25) is 0 Å². The van der Waals surface area contributed by atoms with E-state index in [1.807, 2.05) is 6.07 Å². The Kier molecular flexibility index (Phi) is 5.64. The molecular weight excluding hydrogens is 256 g/mol. The lowest BCUT2D eigenvalue weighted by atomic mass is 10.1. The van der Waals surface area contributed by atoms with Gasteiger partial charge in [0.25, 0.3) is 0 Å². The lowest BCUT2D eigenvalue weighted by Crippen LogP contribution is -2.38.